The number of anilines is 1. The van der Waals surface area contributed by atoms with E-state index in [4.69, 9.17) is 0 Å². The highest BCUT2D eigenvalue weighted by molar-refractivity contribution is 7.71. The van der Waals surface area contributed by atoms with Gasteiger partial charge in [0.05, 0.1) is 5.30 Å². The first-order valence-corrected chi connectivity index (χ1v) is 11.4. The van der Waals surface area contributed by atoms with Gasteiger partial charge in [0.15, 0.2) is 0 Å². The van der Waals surface area contributed by atoms with Crippen molar-refractivity contribution in [3.05, 3.63) is 78.9 Å². The van der Waals surface area contributed by atoms with Crippen molar-refractivity contribution in [3.8, 4) is 16.9 Å². The molecule has 5 heteroatoms. The van der Waals surface area contributed by atoms with Crippen LogP contribution in [0.3, 0.4) is 0 Å². The predicted octanol–water partition coefficient (Wildman–Crippen LogP) is 4.86. The number of hydrogen-bond acceptors (Lipinski definition) is 2. The second kappa shape index (κ2) is 6.80. The molecule has 0 saturated carbocycles. The molecule has 1 N–H and O–H groups in total. The molecule has 3 aromatic carbocycles. The Hall–Kier alpha value is -2.55. The van der Waals surface area contributed by atoms with Crippen LogP contribution in [-0.2, 0) is 4.57 Å². The molecule has 0 radical (unpaired) electrons. The van der Waals surface area contributed by atoms with Crippen LogP contribution in [0.1, 0.15) is 12.8 Å². The van der Waals surface area contributed by atoms with E-state index in [1.54, 1.807) is 0 Å². The summed E-state index contributed by atoms with van der Waals surface area (Å²) in [6.45, 7) is 1.54. The highest BCUT2D eigenvalue weighted by atomic mass is 31.2. The van der Waals surface area contributed by atoms with Crippen molar-refractivity contribution in [2.45, 2.75) is 18.9 Å². The van der Waals surface area contributed by atoms with Crippen LogP contribution >= 0.6 is 7.44 Å². The molecule has 2 fully saturated rings. The molecule has 28 heavy (non-hydrogen) atoms. The number of nitrogens with zero attached hydrogens (tertiary/aromatic N) is 2. The SMILES string of the molecule is O=[P@]1(c2cccc(-c3ccccc3)c2O)N(c2ccccc2)C[C@@H]2CCCN21. The van der Waals surface area contributed by atoms with Gasteiger partial charge in [0.2, 0.25) is 0 Å². The highest BCUT2D eigenvalue weighted by Crippen LogP contribution is 2.63. The number of benzene rings is 3. The zero-order valence-electron chi connectivity index (χ0n) is 15.6. The number of fused-ring (bicyclic) bond motifs is 1. The van der Waals surface area contributed by atoms with E-state index < -0.39 is 7.44 Å². The van der Waals surface area contributed by atoms with E-state index in [-0.39, 0.29) is 11.8 Å². The van der Waals surface area contributed by atoms with Gasteiger partial charge in [-0.2, -0.15) is 0 Å². The Bertz CT molecular complexity index is 1040. The van der Waals surface area contributed by atoms with Crippen LogP contribution in [0.5, 0.6) is 5.75 Å². The monoisotopic (exact) mass is 390 g/mol. The lowest BCUT2D eigenvalue weighted by Crippen LogP contribution is -2.27. The number of phenols is 1. The third-order valence-electron chi connectivity index (χ3n) is 5.87. The predicted molar refractivity (Wildman–Crippen MR) is 114 cm³/mol. The molecule has 2 aliphatic heterocycles. The summed E-state index contributed by atoms with van der Waals surface area (Å²) in [6.07, 6.45) is 2.10. The smallest absolute Gasteiger partial charge is 0.273 e. The molecule has 5 rings (SSSR count). The van der Waals surface area contributed by atoms with Crippen molar-refractivity contribution in [1.29, 1.82) is 0 Å². The van der Waals surface area contributed by atoms with E-state index in [1.807, 2.05) is 83.5 Å². The average Bonchev–Trinajstić information content (AvgIpc) is 3.32. The summed E-state index contributed by atoms with van der Waals surface area (Å²) in [5.74, 6) is 0.130. The molecule has 4 nitrogen and oxygen atoms in total. The second-order valence-electron chi connectivity index (χ2n) is 7.46. The molecule has 0 unspecified atom stereocenters. The number of hydrogen-bond donors (Lipinski definition) is 1. The van der Waals surface area contributed by atoms with Crippen LogP contribution in [0.15, 0.2) is 78.9 Å². The van der Waals surface area contributed by atoms with Crippen molar-refractivity contribution in [2.75, 3.05) is 17.8 Å². The molecule has 0 bridgehead atoms. The Morgan fingerprint density at radius 1 is 0.893 bits per heavy atom. The molecule has 0 amide bonds. The fourth-order valence-electron chi connectivity index (χ4n) is 4.56. The summed E-state index contributed by atoms with van der Waals surface area (Å²) < 4.78 is 18.8. The van der Waals surface area contributed by atoms with E-state index >= 15 is 0 Å². The second-order valence-corrected chi connectivity index (χ2v) is 10.0. The van der Waals surface area contributed by atoms with Crippen LogP contribution in [0.2, 0.25) is 0 Å². The van der Waals surface area contributed by atoms with Gasteiger partial charge >= 0.3 is 0 Å². The standard InChI is InChI=1S/C23H23N2O2P/c26-23-21(18-9-3-1-4-10-18)14-7-15-22(23)28(27)24-16-8-13-20(24)17-25(28)19-11-5-2-6-12-19/h1-7,9-12,14-15,20,26H,8,13,16-17H2/t20-,28-/m0/s1. The number of rotatable bonds is 3. The molecular weight excluding hydrogens is 367 g/mol. The first-order chi connectivity index (χ1) is 13.7. The number of aromatic hydroxyl groups is 1. The van der Waals surface area contributed by atoms with E-state index in [2.05, 4.69) is 4.67 Å². The largest absolute Gasteiger partial charge is 0.506 e. The van der Waals surface area contributed by atoms with Gasteiger partial charge in [-0.05, 0) is 36.6 Å². The van der Waals surface area contributed by atoms with Crippen molar-refractivity contribution in [2.24, 2.45) is 0 Å². The summed E-state index contributed by atoms with van der Waals surface area (Å²) in [6, 6.07) is 25.6. The van der Waals surface area contributed by atoms with E-state index in [0.717, 1.165) is 42.7 Å². The quantitative estimate of drug-likeness (QED) is 0.649. The number of para-hydroxylation sites is 2. The van der Waals surface area contributed by atoms with Gasteiger partial charge in [-0.15, -0.1) is 0 Å². The molecule has 2 atom stereocenters. The van der Waals surface area contributed by atoms with Gasteiger partial charge in [0.1, 0.15) is 5.75 Å². The summed E-state index contributed by atoms with van der Waals surface area (Å²) in [4.78, 5) is 0. The lowest BCUT2D eigenvalue weighted by Gasteiger charge is -2.32. The van der Waals surface area contributed by atoms with E-state index in [9.17, 15) is 9.67 Å². The molecule has 2 heterocycles. The van der Waals surface area contributed by atoms with Gasteiger partial charge in [0, 0.05) is 30.4 Å². The fraction of sp³-hybridized carbons (Fsp3) is 0.217. The third-order valence-corrected chi connectivity index (χ3v) is 9.13. The minimum atomic E-state index is -3.13. The topological polar surface area (TPSA) is 43.8 Å². The van der Waals surface area contributed by atoms with Gasteiger partial charge in [0.25, 0.3) is 7.44 Å². The minimum absolute atomic E-state index is 0.130. The van der Waals surface area contributed by atoms with Crippen LogP contribution < -0.4 is 9.97 Å². The zero-order valence-corrected chi connectivity index (χ0v) is 16.5. The summed E-state index contributed by atoms with van der Waals surface area (Å²) in [5.41, 5.74) is 2.60. The maximum atomic E-state index is 14.7. The zero-order chi connectivity index (χ0) is 19.1. The molecule has 0 aromatic heterocycles. The summed E-state index contributed by atoms with van der Waals surface area (Å²) in [5, 5.41) is 11.8. The van der Waals surface area contributed by atoms with Crippen LogP contribution in [0.4, 0.5) is 5.69 Å². The molecule has 0 aliphatic carbocycles. The molecule has 0 spiro atoms. The minimum Gasteiger partial charge on any atom is -0.506 e. The Kier molecular flexibility index (Phi) is 4.26. The van der Waals surface area contributed by atoms with Crippen molar-refractivity contribution >= 4 is 18.4 Å². The van der Waals surface area contributed by atoms with Gasteiger partial charge < -0.3 is 9.78 Å². The van der Waals surface area contributed by atoms with E-state index in [0.29, 0.717) is 5.30 Å². The average molecular weight is 390 g/mol. The first-order valence-electron chi connectivity index (χ1n) is 9.78. The Morgan fingerprint density at radius 3 is 2.36 bits per heavy atom. The van der Waals surface area contributed by atoms with Gasteiger partial charge in [-0.25, -0.2) is 4.67 Å². The third kappa shape index (κ3) is 2.60. The van der Waals surface area contributed by atoms with Gasteiger partial charge in [-0.1, -0.05) is 60.7 Å². The first kappa shape index (κ1) is 17.5. The molecular formula is C23H23N2O2P. The maximum absolute atomic E-state index is 14.7. The Balaban J connectivity index is 1.68. The molecule has 2 saturated heterocycles. The van der Waals surface area contributed by atoms with E-state index in [1.165, 1.54) is 0 Å². The summed E-state index contributed by atoms with van der Waals surface area (Å²) in [7, 11) is -3.13. The Labute approximate surface area is 165 Å². The van der Waals surface area contributed by atoms with Crippen LogP contribution in [-0.4, -0.2) is 28.9 Å². The summed E-state index contributed by atoms with van der Waals surface area (Å²) >= 11 is 0. The van der Waals surface area contributed by atoms with Crippen molar-refractivity contribution in [1.82, 2.24) is 4.67 Å². The molecule has 3 aromatic rings. The molecule has 2 aliphatic rings. The fourth-order valence-corrected chi connectivity index (χ4v) is 7.95. The van der Waals surface area contributed by atoms with Crippen molar-refractivity contribution < 1.29 is 9.67 Å². The Morgan fingerprint density at radius 2 is 1.61 bits per heavy atom. The number of phenolic OH excluding ortho intramolecular Hbond substituents is 1. The molecule has 142 valence electrons. The normalized spacial score (nSPS) is 24.4. The maximum Gasteiger partial charge on any atom is 0.273 e. The lowest BCUT2D eigenvalue weighted by atomic mass is 10.1. The van der Waals surface area contributed by atoms with Gasteiger partial charge in [-0.3, -0.25) is 4.57 Å². The highest BCUT2D eigenvalue weighted by Gasteiger charge is 2.52. The lowest BCUT2D eigenvalue weighted by molar-refractivity contribution is 0.433. The van der Waals surface area contributed by atoms with Crippen LogP contribution in [0, 0.1) is 0 Å². The van der Waals surface area contributed by atoms with Crippen molar-refractivity contribution in [3.63, 3.8) is 0 Å². The van der Waals surface area contributed by atoms with Crippen LogP contribution in [0.25, 0.3) is 11.1 Å².